The summed E-state index contributed by atoms with van der Waals surface area (Å²) < 4.78 is 5.22. The lowest BCUT2D eigenvalue weighted by atomic mass is 10.1. The average molecular weight is 377 g/mol. The first-order chi connectivity index (χ1) is 11.9. The predicted octanol–water partition coefficient (Wildman–Crippen LogP) is 5.32. The Hall–Kier alpha value is -2.17. The van der Waals surface area contributed by atoms with E-state index in [1.807, 2.05) is 37.3 Å². The number of rotatable bonds is 4. The Morgan fingerprint density at radius 1 is 1.16 bits per heavy atom. The number of methoxy groups -OCH3 is 1. The van der Waals surface area contributed by atoms with Gasteiger partial charge in [-0.3, -0.25) is 4.79 Å². The van der Waals surface area contributed by atoms with Crippen molar-refractivity contribution in [3.05, 3.63) is 63.8 Å². The molecule has 0 saturated heterocycles. The van der Waals surface area contributed by atoms with E-state index in [2.05, 4.69) is 4.98 Å². The lowest BCUT2D eigenvalue weighted by molar-refractivity contribution is 0.0738. The molecule has 0 aliphatic heterocycles. The van der Waals surface area contributed by atoms with Gasteiger partial charge >= 0.3 is 0 Å². The Balaban J connectivity index is 1.88. The topological polar surface area (TPSA) is 45.3 Å². The van der Waals surface area contributed by atoms with Crippen LogP contribution in [0.3, 0.4) is 0 Å². The van der Waals surface area contributed by atoms with E-state index < -0.39 is 0 Å². The van der Waals surface area contributed by atoms with Gasteiger partial charge in [0.15, 0.2) is 0 Å². The quantitative estimate of drug-likeness (QED) is 0.669. The summed E-state index contributed by atoms with van der Waals surface area (Å²) in [6.07, 6.45) is 0. The Morgan fingerprint density at radius 3 is 2.60 bits per heavy atom. The van der Waals surface area contributed by atoms with Crippen molar-refractivity contribution in [3.63, 3.8) is 0 Å². The van der Waals surface area contributed by atoms with Crippen LogP contribution in [0.4, 0.5) is 0 Å². The van der Waals surface area contributed by atoms with Crippen LogP contribution in [-0.4, -0.2) is 29.9 Å². The summed E-state index contributed by atoms with van der Waals surface area (Å²) in [5.41, 5.74) is 2.22. The third kappa shape index (κ3) is 3.46. The van der Waals surface area contributed by atoms with Gasteiger partial charge < -0.3 is 14.6 Å². The number of carbonyl (C=O) groups excluding carboxylic acids is 1. The molecular weight excluding hydrogens is 359 g/mol. The molecule has 3 aromatic rings. The maximum absolute atomic E-state index is 12.9. The molecule has 1 amide bonds. The van der Waals surface area contributed by atoms with Gasteiger partial charge in [-0.15, -0.1) is 0 Å². The SMILES string of the molecule is COc1ccc2cc(C(=O)N(C)[C@H](C)c3ccc(Cl)cc3Cl)[nH]c2c1. The zero-order chi connectivity index (χ0) is 18.1. The molecule has 0 fully saturated rings. The number of benzene rings is 2. The van der Waals surface area contributed by atoms with Crippen LogP contribution in [0, 0.1) is 0 Å². The second-order valence-corrected chi connectivity index (χ2v) is 6.74. The maximum Gasteiger partial charge on any atom is 0.270 e. The second-order valence-electron chi connectivity index (χ2n) is 5.89. The molecular formula is C19H18Cl2N2O2. The summed E-state index contributed by atoms with van der Waals surface area (Å²) in [5.74, 6) is 0.622. The number of amides is 1. The molecule has 25 heavy (non-hydrogen) atoms. The number of ether oxygens (including phenoxy) is 1. The molecule has 130 valence electrons. The fourth-order valence-electron chi connectivity index (χ4n) is 2.76. The number of fused-ring (bicyclic) bond motifs is 1. The number of carbonyl (C=O) groups is 1. The van der Waals surface area contributed by atoms with Gasteiger partial charge in [-0.05, 0) is 42.8 Å². The summed E-state index contributed by atoms with van der Waals surface area (Å²) in [7, 11) is 3.37. The van der Waals surface area contributed by atoms with Crippen molar-refractivity contribution < 1.29 is 9.53 Å². The fourth-order valence-corrected chi connectivity index (χ4v) is 3.33. The van der Waals surface area contributed by atoms with Gasteiger partial charge in [-0.2, -0.15) is 0 Å². The third-order valence-corrected chi connectivity index (χ3v) is 4.94. The van der Waals surface area contributed by atoms with Crippen molar-refractivity contribution in [2.45, 2.75) is 13.0 Å². The standard InChI is InChI=1S/C19H18Cl2N2O2/c1-11(15-7-5-13(20)9-16(15)21)23(2)19(24)18-8-12-4-6-14(25-3)10-17(12)22-18/h4-11,22H,1-3H3/t11-/m1/s1. The molecule has 0 bridgehead atoms. The van der Waals surface area contributed by atoms with Gasteiger partial charge in [0.2, 0.25) is 0 Å². The summed E-state index contributed by atoms with van der Waals surface area (Å²) in [6.45, 7) is 1.93. The number of aromatic nitrogens is 1. The van der Waals surface area contributed by atoms with Gasteiger partial charge in [0.05, 0.1) is 13.2 Å². The first-order valence-electron chi connectivity index (χ1n) is 7.79. The Labute approximate surface area is 156 Å². The van der Waals surface area contributed by atoms with Crippen LogP contribution in [0.1, 0.15) is 29.0 Å². The van der Waals surface area contributed by atoms with Crippen LogP contribution >= 0.6 is 23.2 Å². The molecule has 1 aromatic heterocycles. The second kappa shape index (κ2) is 6.98. The lowest BCUT2D eigenvalue weighted by Gasteiger charge is -2.25. The highest BCUT2D eigenvalue weighted by molar-refractivity contribution is 6.35. The normalized spacial score (nSPS) is 12.2. The molecule has 0 aliphatic carbocycles. The predicted molar refractivity (Wildman–Crippen MR) is 102 cm³/mol. The molecule has 1 atom stereocenters. The van der Waals surface area contributed by atoms with Crippen molar-refractivity contribution in [3.8, 4) is 5.75 Å². The fraction of sp³-hybridized carbons (Fsp3) is 0.211. The summed E-state index contributed by atoms with van der Waals surface area (Å²) in [4.78, 5) is 17.7. The van der Waals surface area contributed by atoms with Crippen LogP contribution < -0.4 is 4.74 Å². The minimum atomic E-state index is -0.196. The van der Waals surface area contributed by atoms with Crippen molar-refractivity contribution in [2.75, 3.05) is 14.2 Å². The number of nitrogens with one attached hydrogen (secondary N) is 1. The van der Waals surface area contributed by atoms with Crippen LogP contribution in [0.5, 0.6) is 5.75 Å². The Kier molecular flexibility index (Phi) is 4.93. The molecule has 1 heterocycles. The van der Waals surface area contributed by atoms with Crippen molar-refractivity contribution in [1.29, 1.82) is 0 Å². The Morgan fingerprint density at radius 2 is 1.92 bits per heavy atom. The van der Waals surface area contributed by atoms with E-state index in [9.17, 15) is 4.79 Å². The monoisotopic (exact) mass is 376 g/mol. The molecule has 4 nitrogen and oxygen atoms in total. The lowest BCUT2D eigenvalue weighted by Crippen LogP contribution is -2.30. The highest BCUT2D eigenvalue weighted by Crippen LogP contribution is 2.30. The Bertz CT molecular complexity index is 936. The van der Waals surface area contributed by atoms with Gasteiger partial charge in [-0.25, -0.2) is 0 Å². The molecule has 0 aliphatic rings. The van der Waals surface area contributed by atoms with E-state index in [1.54, 1.807) is 31.2 Å². The van der Waals surface area contributed by atoms with Crippen molar-refractivity contribution in [1.82, 2.24) is 9.88 Å². The largest absolute Gasteiger partial charge is 0.497 e. The van der Waals surface area contributed by atoms with Crippen LogP contribution in [0.2, 0.25) is 10.0 Å². The molecule has 6 heteroatoms. The number of aromatic amines is 1. The van der Waals surface area contributed by atoms with E-state index in [1.165, 1.54) is 0 Å². The number of hydrogen-bond acceptors (Lipinski definition) is 2. The zero-order valence-electron chi connectivity index (χ0n) is 14.1. The minimum Gasteiger partial charge on any atom is -0.497 e. The van der Waals surface area contributed by atoms with Gasteiger partial charge in [0.1, 0.15) is 11.4 Å². The maximum atomic E-state index is 12.9. The molecule has 2 aromatic carbocycles. The first-order valence-corrected chi connectivity index (χ1v) is 8.55. The molecule has 0 spiro atoms. The third-order valence-electron chi connectivity index (χ3n) is 4.37. The van der Waals surface area contributed by atoms with Crippen molar-refractivity contribution >= 4 is 40.0 Å². The van der Waals surface area contributed by atoms with E-state index in [0.29, 0.717) is 15.7 Å². The smallest absolute Gasteiger partial charge is 0.270 e. The van der Waals surface area contributed by atoms with E-state index in [-0.39, 0.29) is 11.9 Å². The molecule has 0 radical (unpaired) electrons. The minimum absolute atomic E-state index is 0.117. The molecule has 1 N–H and O–H groups in total. The summed E-state index contributed by atoms with van der Waals surface area (Å²) in [5, 5.41) is 2.07. The molecule has 3 rings (SSSR count). The van der Waals surface area contributed by atoms with E-state index in [4.69, 9.17) is 27.9 Å². The van der Waals surface area contributed by atoms with E-state index >= 15 is 0 Å². The van der Waals surface area contributed by atoms with Crippen LogP contribution in [0.25, 0.3) is 10.9 Å². The van der Waals surface area contributed by atoms with Gasteiger partial charge in [-0.1, -0.05) is 29.3 Å². The highest BCUT2D eigenvalue weighted by Gasteiger charge is 2.22. The number of halogens is 2. The zero-order valence-corrected chi connectivity index (χ0v) is 15.7. The van der Waals surface area contributed by atoms with Crippen molar-refractivity contribution in [2.24, 2.45) is 0 Å². The highest BCUT2D eigenvalue weighted by atomic mass is 35.5. The van der Waals surface area contributed by atoms with Gasteiger partial charge in [0, 0.05) is 34.1 Å². The number of hydrogen-bond donors (Lipinski definition) is 1. The van der Waals surface area contributed by atoms with Gasteiger partial charge in [0.25, 0.3) is 5.91 Å². The van der Waals surface area contributed by atoms with Crippen LogP contribution in [-0.2, 0) is 0 Å². The molecule has 0 saturated carbocycles. The summed E-state index contributed by atoms with van der Waals surface area (Å²) >= 11 is 12.2. The number of H-pyrrole nitrogens is 1. The van der Waals surface area contributed by atoms with E-state index in [0.717, 1.165) is 22.2 Å². The first kappa shape index (κ1) is 17.6. The average Bonchev–Trinajstić information content (AvgIpc) is 3.02. The summed E-state index contributed by atoms with van der Waals surface area (Å²) in [6, 6.07) is 12.6. The number of nitrogens with zero attached hydrogens (tertiary/aromatic N) is 1. The molecule has 0 unspecified atom stereocenters. The van der Waals surface area contributed by atoms with Crippen LogP contribution in [0.15, 0.2) is 42.5 Å².